The summed E-state index contributed by atoms with van der Waals surface area (Å²) >= 11 is 0. The largest absolute Gasteiger partial charge is 0.393 e. The number of hydrogen-bond donors (Lipinski definition) is 1. The molecule has 0 bridgehead atoms. The molecule has 17 heavy (non-hydrogen) atoms. The molecule has 1 aliphatic heterocycles. The number of nitrogens with zero attached hydrogens (tertiary/aromatic N) is 4. The van der Waals surface area contributed by atoms with E-state index in [1.54, 1.807) is 4.52 Å². The van der Waals surface area contributed by atoms with Crippen LogP contribution in [-0.2, 0) is 0 Å². The van der Waals surface area contributed by atoms with Crippen molar-refractivity contribution in [3.8, 4) is 0 Å². The van der Waals surface area contributed by atoms with Gasteiger partial charge in [0.1, 0.15) is 5.82 Å². The molecule has 90 valence electrons. The Morgan fingerprint density at radius 2 is 2.18 bits per heavy atom. The number of aromatic nitrogens is 3. The number of rotatable bonds is 2. The highest BCUT2D eigenvalue weighted by Gasteiger charge is 2.30. The van der Waals surface area contributed by atoms with Crippen LogP contribution < -0.4 is 4.90 Å². The molecule has 1 N–H and O–H groups in total. The van der Waals surface area contributed by atoms with E-state index < -0.39 is 0 Å². The second-order valence-corrected chi connectivity index (χ2v) is 4.75. The van der Waals surface area contributed by atoms with E-state index in [2.05, 4.69) is 21.0 Å². The van der Waals surface area contributed by atoms with Crippen LogP contribution in [0.15, 0.2) is 18.3 Å². The van der Waals surface area contributed by atoms with Gasteiger partial charge in [-0.1, -0.05) is 0 Å². The lowest BCUT2D eigenvalue weighted by molar-refractivity contribution is 0.107. The summed E-state index contributed by atoms with van der Waals surface area (Å²) < 4.78 is 1.81. The van der Waals surface area contributed by atoms with Gasteiger partial charge in [-0.25, -0.2) is 9.50 Å². The minimum atomic E-state index is -0.219. The SMILES string of the molecule is Cc1nc2ccc(N3CC(C(C)O)C3)cn2n1. The van der Waals surface area contributed by atoms with Crippen LogP contribution in [0.3, 0.4) is 0 Å². The van der Waals surface area contributed by atoms with Crippen molar-refractivity contribution in [1.29, 1.82) is 0 Å². The molecule has 1 unspecified atom stereocenters. The van der Waals surface area contributed by atoms with Crippen molar-refractivity contribution in [3.05, 3.63) is 24.2 Å². The summed E-state index contributed by atoms with van der Waals surface area (Å²) in [6, 6.07) is 4.03. The summed E-state index contributed by atoms with van der Waals surface area (Å²) in [5.41, 5.74) is 2.01. The normalized spacial score (nSPS) is 18.4. The van der Waals surface area contributed by atoms with Gasteiger partial charge in [0.05, 0.1) is 18.0 Å². The van der Waals surface area contributed by atoms with Gasteiger partial charge in [0.2, 0.25) is 0 Å². The highest BCUT2D eigenvalue weighted by atomic mass is 16.3. The lowest BCUT2D eigenvalue weighted by atomic mass is 9.94. The van der Waals surface area contributed by atoms with Gasteiger partial charge in [-0.05, 0) is 26.0 Å². The number of hydrogen-bond acceptors (Lipinski definition) is 4. The lowest BCUT2D eigenvalue weighted by Crippen LogP contribution is -2.51. The molecule has 5 heteroatoms. The molecule has 3 heterocycles. The van der Waals surface area contributed by atoms with Gasteiger partial charge < -0.3 is 10.0 Å². The predicted octanol–water partition coefficient (Wildman–Crippen LogP) is 0.855. The maximum atomic E-state index is 9.46. The van der Waals surface area contributed by atoms with E-state index in [1.807, 2.05) is 26.1 Å². The number of anilines is 1. The summed E-state index contributed by atoms with van der Waals surface area (Å²) in [5, 5.41) is 13.8. The molecule has 0 spiro atoms. The van der Waals surface area contributed by atoms with Crippen molar-refractivity contribution < 1.29 is 5.11 Å². The van der Waals surface area contributed by atoms with Crippen molar-refractivity contribution in [2.24, 2.45) is 5.92 Å². The topological polar surface area (TPSA) is 53.7 Å². The zero-order valence-electron chi connectivity index (χ0n) is 10.0. The third-order valence-corrected chi connectivity index (χ3v) is 3.38. The molecule has 2 aromatic rings. The van der Waals surface area contributed by atoms with E-state index in [0.29, 0.717) is 5.92 Å². The molecule has 0 saturated carbocycles. The molecule has 5 nitrogen and oxygen atoms in total. The molecule has 2 aromatic heterocycles. The van der Waals surface area contributed by atoms with Gasteiger partial charge in [0, 0.05) is 19.0 Å². The molecule has 3 rings (SSSR count). The zero-order valence-corrected chi connectivity index (χ0v) is 10.0. The Morgan fingerprint density at radius 3 is 2.88 bits per heavy atom. The van der Waals surface area contributed by atoms with Crippen molar-refractivity contribution in [1.82, 2.24) is 14.6 Å². The van der Waals surface area contributed by atoms with Gasteiger partial charge in [-0.3, -0.25) is 0 Å². The first-order valence-corrected chi connectivity index (χ1v) is 5.89. The molecule has 1 saturated heterocycles. The minimum absolute atomic E-state index is 0.219. The van der Waals surface area contributed by atoms with Crippen LogP contribution in [-0.4, -0.2) is 38.9 Å². The maximum Gasteiger partial charge on any atom is 0.155 e. The fourth-order valence-electron chi connectivity index (χ4n) is 2.20. The Morgan fingerprint density at radius 1 is 1.41 bits per heavy atom. The van der Waals surface area contributed by atoms with E-state index >= 15 is 0 Å². The van der Waals surface area contributed by atoms with Crippen LogP contribution in [0.1, 0.15) is 12.7 Å². The summed E-state index contributed by atoms with van der Waals surface area (Å²) in [6.07, 6.45) is 1.77. The molecule has 1 aliphatic rings. The third kappa shape index (κ3) is 1.76. The van der Waals surface area contributed by atoms with Gasteiger partial charge in [-0.15, -0.1) is 0 Å². The first-order valence-electron chi connectivity index (χ1n) is 5.89. The quantitative estimate of drug-likeness (QED) is 0.834. The summed E-state index contributed by atoms with van der Waals surface area (Å²) in [6.45, 7) is 5.57. The summed E-state index contributed by atoms with van der Waals surface area (Å²) in [5.74, 6) is 1.18. The zero-order chi connectivity index (χ0) is 12.0. The van der Waals surface area contributed by atoms with Gasteiger partial charge >= 0.3 is 0 Å². The Labute approximate surface area is 99.7 Å². The van der Waals surface area contributed by atoms with Gasteiger partial charge in [0.25, 0.3) is 0 Å². The van der Waals surface area contributed by atoms with Crippen LogP contribution >= 0.6 is 0 Å². The number of aliphatic hydroxyl groups excluding tert-OH is 1. The number of aliphatic hydroxyl groups is 1. The fourth-order valence-corrected chi connectivity index (χ4v) is 2.20. The molecule has 1 fully saturated rings. The van der Waals surface area contributed by atoms with Crippen LogP contribution in [0.25, 0.3) is 5.65 Å². The summed E-state index contributed by atoms with van der Waals surface area (Å²) in [4.78, 5) is 6.54. The first kappa shape index (κ1) is 10.5. The number of aryl methyl sites for hydroxylation is 1. The van der Waals surface area contributed by atoms with Gasteiger partial charge in [-0.2, -0.15) is 5.10 Å². The molecular formula is C12H16N4O. The number of fused-ring (bicyclic) bond motifs is 1. The van der Waals surface area contributed by atoms with Crippen LogP contribution in [0.5, 0.6) is 0 Å². The third-order valence-electron chi connectivity index (χ3n) is 3.38. The Kier molecular flexibility index (Phi) is 2.29. The average molecular weight is 232 g/mol. The van der Waals surface area contributed by atoms with Crippen LogP contribution in [0.2, 0.25) is 0 Å². The van der Waals surface area contributed by atoms with Crippen molar-refractivity contribution in [2.75, 3.05) is 18.0 Å². The molecule has 0 aromatic carbocycles. The number of pyridine rings is 1. The van der Waals surface area contributed by atoms with E-state index in [0.717, 1.165) is 30.2 Å². The predicted molar refractivity (Wildman–Crippen MR) is 65.1 cm³/mol. The van der Waals surface area contributed by atoms with Crippen LogP contribution in [0.4, 0.5) is 5.69 Å². The Bertz CT molecular complexity index is 542. The molecule has 1 atom stereocenters. The Balaban J connectivity index is 1.82. The standard InChI is InChI=1S/C12H16N4O/c1-8(17)10-5-15(6-10)11-3-4-12-13-9(2)14-16(12)7-11/h3-4,7-8,10,17H,5-6H2,1-2H3. The van der Waals surface area contributed by atoms with E-state index in [-0.39, 0.29) is 6.10 Å². The Hall–Kier alpha value is -1.62. The highest BCUT2D eigenvalue weighted by Crippen LogP contribution is 2.26. The molecule has 0 aliphatic carbocycles. The summed E-state index contributed by atoms with van der Waals surface area (Å²) in [7, 11) is 0. The fraction of sp³-hybridized carbons (Fsp3) is 0.500. The smallest absolute Gasteiger partial charge is 0.155 e. The van der Waals surface area contributed by atoms with Gasteiger partial charge in [0.15, 0.2) is 5.65 Å². The van der Waals surface area contributed by atoms with Crippen molar-refractivity contribution in [3.63, 3.8) is 0 Å². The van der Waals surface area contributed by atoms with E-state index in [1.165, 1.54) is 0 Å². The second-order valence-electron chi connectivity index (χ2n) is 4.75. The first-order chi connectivity index (χ1) is 8.13. The molecular weight excluding hydrogens is 216 g/mol. The highest BCUT2D eigenvalue weighted by molar-refractivity contribution is 5.53. The van der Waals surface area contributed by atoms with Crippen LogP contribution in [0, 0.1) is 12.8 Å². The van der Waals surface area contributed by atoms with E-state index in [4.69, 9.17) is 0 Å². The monoisotopic (exact) mass is 232 g/mol. The second kappa shape index (κ2) is 3.70. The lowest BCUT2D eigenvalue weighted by Gasteiger charge is -2.42. The average Bonchev–Trinajstić information content (AvgIpc) is 2.54. The molecule has 0 radical (unpaired) electrons. The van der Waals surface area contributed by atoms with Crippen molar-refractivity contribution in [2.45, 2.75) is 20.0 Å². The van der Waals surface area contributed by atoms with E-state index in [9.17, 15) is 5.11 Å². The van der Waals surface area contributed by atoms with Crippen molar-refractivity contribution >= 4 is 11.3 Å². The maximum absolute atomic E-state index is 9.46. The molecule has 0 amide bonds. The minimum Gasteiger partial charge on any atom is -0.393 e.